The van der Waals surface area contributed by atoms with E-state index in [4.69, 9.17) is 14.2 Å². The highest BCUT2D eigenvalue weighted by Gasteiger charge is 2.32. The molecule has 0 spiro atoms. The third-order valence-corrected chi connectivity index (χ3v) is 8.33. The Balaban J connectivity index is 1.46. The Morgan fingerprint density at radius 1 is 0.553 bits per heavy atom. The fraction of sp³-hybridized carbons (Fsp3) is 1.00. The first-order valence-electron chi connectivity index (χ1n) is 15.5. The van der Waals surface area contributed by atoms with Crippen LogP contribution in [0.1, 0.15) is 71.1 Å². The third-order valence-electron chi connectivity index (χ3n) is 8.33. The van der Waals surface area contributed by atoms with Gasteiger partial charge in [0, 0.05) is 19.6 Å². The van der Waals surface area contributed by atoms with E-state index in [1.165, 1.54) is 57.8 Å². The van der Waals surface area contributed by atoms with Crippen molar-refractivity contribution in [1.82, 2.24) is 14.7 Å². The minimum atomic E-state index is -0.738. The number of hydrogen-bond acceptors (Lipinski definition) is 9. The van der Waals surface area contributed by atoms with Crippen molar-refractivity contribution in [2.24, 2.45) is 0 Å². The molecule has 3 atom stereocenters. The second-order valence-corrected chi connectivity index (χ2v) is 11.9. The van der Waals surface area contributed by atoms with E-state index in [1.54, 1.807) is 0 Å². The second kappa shape index (κ2) is 18.1. The van der Waals surface area contributed by atoms with E-state index in [0.717, 1.165) is 39.3 Å². The van der Waals surface area contributed by atoms with Gasteiger partial charge >= 0.3 is 0 Å². The maximum absolute atomic E-state index is 10.7. The predicted octanol–water partition coefficient (Wildman–Crippen LogP) is 1.73. The Bertz CT molecular complexity index is 565. The number of hydrogen-bond donors (Lipinski definition) is 3. The summed E-state index contributed by atoms with van der Waals surface area (Å²) >= 11 is 0. The predicted molar refractivity (Wildman–Crippen MR) is 150 cm³/mol. The number of rotatable bonds is 18. The topological polar surface area (TPSA) is 98.1 Å². The Labute approximate surface area is 231 Å². The van der Waals surface area contributed by atoms with Crippen molar-refractivity contribution in [1.29, 1.82) is 0 Å². The number of nitrogens with zero attached hydrogens (tertiary/aromatic N) is 3. The number of likely N-dealkylation sites (tertiary alicyclic amines) is 3. The standard InChI is InChI=1S/C29H57N3O6/c1-2-29(38-23-28(35)20-32-16-10-5-11-17-32,24-36-21-26(33)18-30-12-6-3-7-13-30)25-37-22-27(34)19-31-14-8-4-9-15-31/h26-28,33-35H,2-25H2,1H3. The highest BCUT2D eigenvalue weighted by atomic mass is 16.6. The van der Waals surface area contributed by atoms with Gasteiger partial charge in [-0.2, -0.15) is 0 Å². The van der Waals surface area contributed by atoms with Crippen LogP contribution in [-0.4, -0.2) is 146 Å². The average Bonchev–Trinajstić information content (AvgIpc) is 2.93. The molecule has 0 aliphatic carbocycles. The molecule has 0 amide bonds. The van der Waals surface area contributed by atoms with Crippen LogP contribution in [0.2, 0.25) is 0 Å². The maximum atomic E-state index is 10.7. The summed E-state index contributed by atoms with van der Waals surface area (Å²) in [6.45, 7) is 11.4. The van der Waals surface area contributed by atoms with Crippen LogP contribution < -0.4 is 0 Å². The van der Waals surface area contributed by atoms with Crippen LogP contribution in [0.5, 0.6) is 0 Å². The monoisotopic (exact) mass is 543 g/mol. The number of aliphatic hydroxyl groups excluding tert-OH is 3. The molecule has 9 heteroatoms. The lowest BCUT2D eigenvalue weighted by Crippen LogP contribution is -2.47. The Kier molecular flexibility index (Phi) is 15.4. The van der Waals surface area contributed by atoms with E-state index < -0.39 is 23.9 Å². The SMILES string of the molecule is CCC(COCC(O)CN1CCCCC1)(COCC(O)CN1CCCCC1)OCC(O)CN1CCCCC1. The van der Waals surface area contributed by atoms with Crippen molar-refractivity contribution in [2.75, 3.05) is 91.9 Å². The number of aliphatic hydroxyl groups is 3. The van der Waals surface area contributed by atoms with Gasteiger partial charge in [-0.1, -0.05) is 26.2 Å². The van der Waals surface area contributed by atoms with Crippen LogP contribution in [0, 0.1) is 0 Å². The zero-order valence-electron chi connectivity index (χ0n) is 24.1. The Hall–Kier alpha value is -0.360. The fourth-order valence-electron chi connectivity index (χ4n) is 5.94. The molecule has 9 nitrogen and oxygen atoms in total. The van der Waals surface area contributed by atoms with Crippen LogP contribution in [-0.2, 0) is 14.2 Å². The molecule has 3 N–H and O–H groups in total. The summed E-state index contributed by atoms with van der Waals surface area (Å²) in [5.41, 5.74) is -0.738. The summed E-state index contributed by atoms with van der Waals surface area (Å²) < 4.78 is 18.4. The van der Waals surface area contributed by atoms with E-state index in [0.29, 0.717) is 26.1 Å². The first kappa shape index (κ1) is 32.2. The molecular weight excluding hydrogens is 486 g/mol. The first-order valence-corrected chi connectivity index (χ1v) is 15.5. The van der Waals surface area contributed by atoms with Gasteiger partial charge in [-0.25, -0.2) is 0 Å². The zero-order chi connectivity index (χ0) is 27.1. The van der Waals surface area contributed by atoms with Crippen LogP contribution in [0.15, 0.2) is 0 Å². The zero-order valence-corrected chi connectivity index (χ0v) is 24.1. The summed E-state index contributed by atoms with van der Waals surface area (Å²) in [5, 5.41) is 31.8. The minimum Gasteiger partial charge on any atom is -0.389 e. The lowest BCUT2D eigenvalue weighted by molar-refractivity contribution is -0.164. The lowest BCUT2D eigenvalue weighted by atomic mass is 10.0. The van der Waals surface area contributed by atoms with E-state index in [-0.39, 0.29) is 33.0 Å². The molecule has 0 radical (unpaired) electrons. The van der Waals surface area contributed by atoms with Gasteiger partial charge in [-0.15, -0.1) is 0 Å². The molecule has 0 aromatic carbocycles. The minimum absolute atomic E-state index is 0.212. The van der Waals surface area contributed by atoms with E-state index in [9.17, 15) is 15.3 Å². The van der Waals surface area contributed by atoms with Crippen molar-refractivity contribution < 1.29 is 29.5 Å². The molecule has 0 saturated carbocycles. The molecule has 38 heavy (non-hydrogen) atoms. The van der Waals surface area contributed by atoms with Gasteiger partial charge in [0.25, 0.3) is 0 Å². The van der Waals surface area contributed by atoms with Crippen LogP contribution in [0.4, 0.5) is 0 Å². The molecule has 0 aromatic heterocycles. The van der Waals surface area contributed by atoms with Gasteiger partial charge in [0.1, 0.15) is 5.60 Å². The quantitative estimate of drug-likeness (QED) is 0.239. The van der Waals surface area contributed by atoms with Crippen molar-refractivity contribution >= 4 is 0 Å². The van der Waals surface area contributed by atoms with Gasteiger partial charge in [0.2, 0.25) is 0 Å². The molecule has 3 aliphatic rings. The van der Waals surface area contributed by atoms with E-state index in [2.05, 4.69) is 14.7 Å². The first-order chi connectivity index (χ1) is 18.5. The molecule has 3 rings (SSSR count). The van der Waals surface area contributed by atoms with Gasteiger partial charge in [-0.05, 0) is 84.2 Å². The van der Waals surface area contributed by atoms with E-state index in [1.807, 2.05) is 6.92 Å². The van der Waals surface area contributed by atoms with Gasteiger partial charge in [-0.3, -0.25) is 0 Å². The molecule has 3 heterocycles. The summed E-state index contributed by atoms with van der Waals surface area (Å²) in [5.74, 6) is 0. The highest BCUT2D eigenvalue weighted by Crippen LogP contribution is 2.20. The number of β-amino-alcohol motifs (C(OH)–C–C–N with tert-alkyl or cyclic N) is 3. The molecular formula is C29H57N3O6. The summed E-state index contributed by atoms with van der Waals surface area (Å²) in [7, 11) is 0. The van der Waals surface area contributed by atoms with E-state index >= 15 is 0 Å². The fourth-order valence-corrected chi connectivity index (χ4v) is 5.94. The Morgan fingerprint density at radius 2 is 0.895 bits per heavy atom. The normalized spacial score (nSPS) is 24.6. The summed E-state index contributed by atoms with van der Waals surface area (Å²) in [4.78, 5) is 6.93. The van der Waals surface area contributed by atoms with Crippen molar-refractivity contribution in [3.63, 3.8) is 0 Å². The second-order valence-electron chi connectivity index (χ2n) is 11.9. The molecule has 3 unspecified atom stereocenters. The molecule has 3 fully saturated rings. The third kappa shape index (κ3) is 12.4. The molecule has 0 bridgehead atoms. The van der Waals surface area contributed by atoms with Gasteiger partial charge in [0.05, 0.1) is 51.3 Å². The van der Waals surface area contributed by atoms with Crippen LogP contribution in [0.25, 0.3) is 0 Å². The van der Waals surface area contributed by atoms with Crippen molar-refractivity contribution in [2.45, 2.75) is 95.0 Å². The van der Waals surface area contributed by atoms with Crippen LogP contribution >= 0.6 is 0 Å². The summed E-state index contributed by atoms with van der Waals surface area (Å²) in [6, 6.07) is 0. The van der Waals surface area contributed by atoms with Crippen molar-refractivity contribution in [3.8, 4) is 0 Å². The highest BCUT2D eigenvalue weighted by molar-refractivity contribution is 4.82. The number of ether oxygens (including phenoxy) is 3. The number of piperidine rings is 3. The lowest BCUT2D eigenvalue weighted by Gasteiger charge is -2.35. The van der Waals surface area contributed by atoms with Crippen molar-refractivity contribution in [3.05, 3.63) is 0 Å². The molecule has 3 saturated heterocycles. The van der Waals surface area contributed by atoms with Gasteiger partial charge < -0.3 is 44.2 Å². The molecule has 0 aromatic rings. The average molecular weight is 544 g/mol. The van der Waals surface area contributed by atoms with Crippen LogP contribution in [0.3, 0.4) is 0 Å². The summed E-state index contributed by atoms with van der Waals surface area (Å²) in [6.07, 6.45) is 9.96. The van der Waals surface area contributed by atoms with Gasteiger partial charge in [0.15, 0.2) is 0 Å². The largest absolute Gasteiger partial charge is 0.389 e. The molecule has 224 valence electrons. The maximum Gasteiger partial charge on any atom is 0.114 e. The molecule has 3 aliphatic heterocycles. The smallest absolute Gasteiger partial charge is 0.114 e. The Morgan fingerprint density at radius 3 is 1.24 bits per heavy atom.